The number of nitrogens with one attached hydrogen (secondary N) is 1. The molecular weight excluding hydrogens is 234 g/mol. The molecule has 1 atom stereocenters. The zero-order valence-electron chi connectivity index (χ0n) is 8.65. The third kappa shape index (κ3) is 10.3. The SMILES string of the molecule is NCCCNCCSSCC(N)C(=O)O. The Labute approximate surface area is 98.1 Å². The number of carboxylic acid groups (broad SMARTS) is 1. The highest BCUT2D eigenvalue weighted by Gasteiger charge is 2.10. The topological polar surface area (TPSA) is 101 Å². The highest BCUT2D eigenvalue weighted by Crippen LogP contribution is 2.20. The van der Waals surface area contributed by atoms with Crippen molar-refractivity contribution in [3.63, 3.8) is 0 Å². The van der Waals surface area contributed by atoms with Crippen molar-refractivity contribution >= 4 is 27.6 Å². The Bertz CT molecular complexity index is 172. The van der Waals surface area contributed by atoms with Crippen LogP contribution in [0.1, 0.15) is 6.42 Å². The van der Waals surface area contributed by atoms with E-state index in [0.717, 1.165) is 25.3 Å². The number of nitrogens with two attached hydrogens (primary N) is 2. The molecule has 1 unspecified atom stereocenters. The van der Waals surface area contributed by atoms with Gasteiger partial charge in [-0.2, -0.15) is 0 Å². The molecule has 0 radical (unpaired) electrons. The van der Waals surface area contributed by atoms with Crippen LogP contribution in [0.15, 0.2) is 0 Å². The first kappa shape index (κ1) is 15.0. The number of hydrogen-bond acceptors (Lipinski definition) is 6. The molecule has 0 saturated carbocycles. The molecule has 0 aromatic rings. The fraction of sp³-hybridized carbons (Fsp3) is 0.875. The average Bonchev–Trinajstić information content (AvgIpc) is 2.21. The molecule has 6 N–H and O–H groups in total. The van der Waals surface area contributed by atoms with E-state index in [2.05, 4.69) is 5.32 Å². The van der Waals surface area contributed by atoms with Crippen LogP contribution < -0.4 is 16.8 Å². The second-order valence-electron chi connectivity index (χ2n) is 2.94. The van der Waals surface area contributed by atoms with Crippen LogP contribution in [-0.4, -0.2) is 48.3 Å². The second kappa shape index (κ2) is 10.6. The van der Waals surface area contributed by atoms with Crippen molar-refractivity contribution in [2.45, 2.75) is 12.5 Å². The van der Waals surface area contributed by atoms with Crippen LogP contribution in [0.5, 0.6) is 0 Å². The largest absolute Gasteiger partial charge is 0.480 e. The number of rotatable bonds is 10. The Morgan fingerprint density at radius 2 is 2.13 bits per heavy atom. The fourth-order valence-corrected chi connectivity index (χ4v) is 2.78. The van der Waals surface area contributed by atoms with E-state index in [9.17, 15) is 4.79 Å². The zero-order chi connectivity index (χ0) is 11.5. The first-order valence-corrected chi connectivity index (χ1v) is 7.31. The van der Waals surface area contributed by atoms with Crippen LogP contribution >= 0.6 is 21.6 Å². The molecule has 5 nitrogen and oxygen atoms in total. The van der Waals surface area contributed by atoms with Crippen LogP contribution in [-0.2, 0) is 4.79 Å². The number of carbonyl (C=O) groups is 1. The minimum Gasteiger partial charge on any atom is -0.480 e. The van der Waals surface area contributed by atoms with Crippen LogP contribution in [0.4, 0.5) is 0 Å². The van der Waals surface area contributed by atoms with Gasteiger partial charge in [0, 0.05) is 18.1 Å². The summed E-state index contributed by atoms with van der Waals surface area (Å²) in [5.74, 6) is 0.453. The van der Waals surface area contributed by atoms with E-state index in [-0.39, 0.29) is 0 Å². The third-order valence-electron chi connectivity index (χ3n) is 1.57. The molecule has 0 heterocycles. The first-order valence-electron chi connectivity index (χ1n) is 4.82. The maximum Gasteiger partial charge on any atom is 0.321 e. The van der Waals surface area contributed by atoms with Gasteiger partial charge in [-0.05, 0) is 19.5 Å². The summed E-state index contributed by atoms with van der Waals surface area (Å²) in [6.45, 7) is 2.57. The van der Waals surface area contributed by atoms with Crippen LogP contribution in [0, 0.1) is 0 Å². The normalized spacial score (nSPS) is 12.7. The smallest absolute Gasteiger partial charge is 0.321 e. The quantitative estimate of drug-likeness (QED) is 0.314. The summed E-state index contributed by atoms with van der Waals surface area (Å²) in [7, 11) is 3.14. The molecule has 0 aromatic carbocycles. The zero-order valence-corrected chi connectivity index (χ0v) is 10.3. The maximum absolute atomic E-state index is 10.4. The summed E-state index contributed by atoms with van der Waals surface area (Å²) in [6.07, 6.45) is 0.988. The Kier molecular flexibility index (Phi) is 10.6. The molecule has 0 amide bonds. The molecule has 0 fully saturated rings. The lowest BCUT2D eigenvalue weighted by Crippen LogP contribution is -2.32. The van der Waals surface area contributed by atoms with Crippen LogP contribution in [0.25, 0.3) is 0 Å². The van der Waals surface area contributed by atoms with Crippen molar-refractivity contribution in [3.05, 3.63) is 0 Å². The monoisotopic (exact) mass is 253 g/mol. The Balaban J connectivity index is 3.08. The van der Waals surface area contributed by atoms with Crippen molar-refractivity contribution < 1.29 is 9.90 Å². The predicted octanol–water partition coefficient (Wildman–Crippen LogP) is -0.282. The molecule has 0 saturated heterocycles. The molecule has 7 heteroatoms. The van der Waals surface area contributed by atoms with E-state index in [1.165, 1.54) is 10.8 Å². The van der Waals surface area contributed by atoms with Gasteiger partial charge in [-0.25, -0.2) is 0 Å². The Hall–Kier alpha value is 0.0500. The number of hydrogen-bond donors (Lipinski definition) is 4. The fourth-order valence-electron chi connectivity index (χ4n) is 0.718. The highest BCUT2D eigenvalue weighted by molar-refractivity contribution is 8.76. The summed E-state index contributed by atoms with van der Waals surface area (Å²) >= 11 is 0. The molecule has 90 valence electrons. The van der Waals surface area contributed by atoms with Gasteiger partial charge in [-0.15, -0.1) is 0 Å². The molecule has 0 aliphatic heterocycles. The van der Waals surface area contributed by atoms with Crippen LogP contribution in [0.2, 0.25) is 0 Å². The van der Waals surface area contributed by atoms with E-state index in [0.29, 0.717) is 12.3 Å². The van der Waals surface area contributed by atoms with Gasteiger partial charge < -0.3 is 21.9 Å². The summed E-state index contributed by atoms with van der Waals surface area (Å²) in [5, 5.41) is 11.7. The van der Waals surface area contributed by atoms with E-state index in [1.54, 1.807) is 10.8 Å². The summed E-state index contributed by atoms with van der Waals surface area (Å²) in [6, 6.07) is -0.757. The molecule has 0 aliphatic carbocycles. The average molecular weight is 253 g/mol. The van der Waals surface area contributed by atoms with E-state index in [4.69, 9.17) is 16.6 Å². The van der Waals surface area contributed by atoms with Crippen molar-refractivity contribution in [1.82, 2.24) is 5.32 Å². The second-order valence-corrected chi connectivity index (χ2v) is 5.57. The summed E-state index contributed by atoms with van der Waals surface area (Å²) in [5.41, 5.74) is 10.7. The number of aliphatic carboxylic acids is 1. The van der Waals surface area contributed by atoms with Crippen molar-refractivity contribution in [2.75, 3.05) is 31.1 Å². The van der Waals surface area contributed by atoms with Crippen molar-refractivity contribution in [3.8, 4) is 0 Å². The molecule has 0 aromatic heterocycles. The van der Waals surface area contributed by atoms with Gasteiger partial charge in [0.1, 0.15) is 6.04 Å². The lowest BCUT2D eigenvalue weighted by atomic mass is 10.4. The van der Waals surface area contributed by atoms with E-state index >= 15 is 0 Å². The van der Waals surface area contributed by atoms with E-state index < -0.39 is 12.0 Å². The standard InChI is InChI=1S/C8H19N3O2S2/c9-2-1-3-11-4-5-14-15-6-7(10)8(12)13/h7,11H,1-6,9-10H2,(H,12,13). The van der Waals surface area contributed by atoms with Crippen molar-refractivity contribution in [1.29, 1.82) is 0 Å². The lowest BCUT2D eigenvalue weighted by Gasteiger charge is -2.05. The van der Waals surface area contributed by atoms with Gasteiger partial charge in [0.05, 0.1) is 0 Å². The minimum atomic E-state index is -0.941. The van der Waals surface area contributed by atoms with Gasteiger partial charge in [-0.1, -0.05) is 21.6 Å². The molecule has 15 heavy (non-hydrogen) atoms. The molecule has 0 spiro atoms. The molecule has 0 bridgehead atoms. The van der Waals surface area contributed by atoms with Crippen LogP contribution in [0.3, 0.4) is 0 Å². The Morgan fingerprint density at radius 3 is 2.73 bits per heavy atom. The van der Waals surface area contributed by atoms with Gasteiger partial charge in [-0.3, -0.25) is 4.79 Å². The third-order valence-corrected chi connectivity index (χ3v) is 4.01. The first-order chi connectivity index (χ1) is 7.18. The predicted molar refractivity (Wildman–Crippen MR) is 67.1 cm³/mol. The van der Waals surface area contributed by atoms with Gasteiger partial charge in [0.25, 0.3) is 0 Å². The lowest BCUT2D eigenvalue weighted by molar-refractivity contribution is -0.137. The molecule has 0 rings (SSSR count). The Morgan fingerprint density at radius 1 is 1.40 bits per heavy atom. The maximum atomic E-state index is 10.4. The molecule has 0 aliphatic rings. The van der Waals surface area contributed by atoms with Gasteiger partial charge in [0.2, 0.25) is 0 Å². The summed E-state index contributed by atoms with van der Waals surface area (Å²) < 4.78 is 0. The van der Waals surface area contributed by atoms with E-state index in [1.807, 2.05) is 0 Å². The molecular formula is C8H19N3O2S2. The number of carboxylic acids is 1. The van der Waals surface area contributed by atoms with Gasteiger partial charge in [0.15, 0.2) is 0 Å². The highest BCUT2D eigenvalue weighted by atomic mass is 33.1. The minimum absolute atomic E-state index is 0.447. The summed E-state index contributed by atoms with van der Waals surface area (Å²) in [4.78, 5) is 10.4. The van der Waals surface area contributed by atoms with Crippen molar-refractivity contribution in [2.24, 2.45) is 11.5 Å². The van der Waals surface area contributed by atoms with Gasteiger partial charge >= 0.3 is 5.97 Å².